The molecule has 1 saturated carbocycles. The lowest BCUT2D eigenvalue weighted by molar-refractivity contribution is 0.296. The largest absolute Gasteiger partial charge is 0.396 e. The van der Waals surface area contributed by atoms with Crippen molar-refractivity contribution in [2.45, 2.75) is 32.1 Å². The van der Waals surface area contributed by atoms with E-state index in [0.29, 0.717) is 5.92 Å². The molecule has 2 rings (SSSR count). The smallest absolute Gasteiger partial charge is 0.136 e. The van der Waals surface area contributed by atoms with Gasteiger partial charge in [0.2, 0.25) is 0 Å². The van der Waals surface area contributed by atoms with Crippen LogP contribution < -0.4 is 10.6 Å². The average Bonchev–Trinajstić information content (AvgIpc) is 3.29. The molecule has 0 radical (unpaired) electrons. The summed E-state index contributed by atoms with van der Waals surface area (Å²) in [4.78, 5) is 9.25. The second-order valence-electron chi connectivity index (χ2n) is 5.04. The van der Waals surface area contributed by atoms with Crippen molar-refractivity contribution in [2.24, 2.45) is 0 Å². The van der Waals surface area contributed by atoms with Gasteiger partial charge in [0.1, 0.15) is 17.5 Å². The third-order valence-corrected chi connectivity index (χ3v) is 4.40. The number of aromatic nitrogens is 2. The van der Waals surface area contributed by atoms with Crippen LogP contribution in [0.15, 0.2) is 0 Å². The number of hydrogen-bond acceptors (Lipinski definition) is 6. The molecule has 1 aliphatic carbocycles. The van der Waals surface area contributed by atoms with Crippen LogP contribution in [-0.2, 0) is 0 Å². The highest BCUT2D eigenvalue weighted by atomic mass is 32.2. The van der Waals surface area contributed by atoms with Gasteiger partial charge in [0.15, 0.2) is 0 Å². The van der Waals surface area contributed by atoms with Gasteiger partial charge in [0.25, 0.3) is 0 Å². The van der Waals surface area contributed by atoms with E-state index in [1.165, 1.54) is 12.8 Å². The molecule has 0 saturated heterocycles. The Morgan fingerprint density at radius 3 is 2.65 bits per heavy atom. The Hall–Kier alpha value is -1.01. The summed E-state index contributed by atoms with van der Waals surface area (Å²) >= 11 is 1.85. The summed E-state index contributed by atoms with van der Waals surface area (Å²) in [5, 5.41) is 15.3. The summed E-state index contributed by atoms with van der Waals surface area (Å²) < 4.78 is 0. The number of nitrogens with zero attached hydrogens (tertiary/aromatic N) is 2. The van der Waals surface area contributed by atoms with Gasteiger partial charge < -0.3 is 15.7 Å². The molecular weight excluding hydrogens is 272 g/mol. The van der Waals surface area contributed by atoms with Gasteiger partial charge in [-0.25, -0.2) is 9.97 Å². The van der Waals surface area contributed by atoms with Gasteiger partial charge in [0.05, 0.1) is 0 Å². The highest BCUT2D eigenvalue weighted by Gasteiger charge is 2.28. The van der Waals surface area contributed by atoms with Crippen molar-refractivity contribution in [3.8, 4) is 0 Å². The standard InChI is InChI=1S/C14H24N4OS/c1-10-12(15-2)17-14(11-4-5-11)18-13(10)16-6-9-20-8-3-7-19/h11,19H,3-9H2,1-2H3,(H2,15,16,17,18). The summed E-state index contributed by atoms with van der Waals surface area (Å²) in [6.45, 7) is 3.21. The van der Waals surface area contributed by atoms with Crippen LogP contribution in [0.25, 0.3) is 0 Å². The molecule has 0 unspecified atom stereocenters. The predicted molar refractivity (Wildman–Crippen MR) is 85.8 cm³/mol. The highest BCUT2D eigenvalue weighted by molar-refractivity contribution is 7.99. The lowest BCUT2D eigenvalue weighted by Crippen LogP contribution is -2.11. The fourth-order valence-corrected chi connectivity index (χ4v) is 2.77. The Morgan fingerprint density at radius 2 is 2.00 bits per heavy atom. The first kappa shape index (κ1) is 15.4. The zero-order chi connectivity index (χ0) is 14.4. The number of hydrogen-bond donors (Lipinski definition) is 3. The minimum atomic E-state index is 0.279. The van der Waals surface area contributed by atoms with E-state index in [4.69, 9.17) is 5.11 Å². The summed E-state index contributed by atoms with van der Waals surface area (Å²) in [6.07, 6.45) is 3.29. The van der Waals surface area contributed by atoms with E-state index in [1.807, 2.05) is 25.7 Å². The van der Waals surface area contributed by atoms with Gasteiger partial charge in [-0.3, -0.25) is 0 Å². The zero-order valence-corrected chi connectivity index (χ0v) is 13.1. The Labute approximate surface area is 125 Å². The van der Waals surface area contributed by atoms with Crippen molar-refractivity contribution in [3.05, 3.63) is 11.4 Å². The summed E-state index contributed by atoms with van der Waals surface area (Å²) in [7, 11) is 1.90. The van der Waals surface area contributed by atoms with Gasteiger partial charge in [-0.1, -0.05) is 0 Å². The molecule has 0 aliphatic heterocycles. The van der Waals surface area contributed by atoms with Crippen molar-refractivity contribution in [1.82, 2.24) is 9.97 Å². The SMILES string of the molecule is CNc1nc(C2CC2)nc(NCCSCCCO)c1C. The van der Waals surface area contributed by atoms with E-state index in [2.05, 4.69) is 20.6 Å². The lowest BCUT2D eigenvalue weighted by Gasteiger charge is -2.13. The summed E-state index contributed by atoms with van der Waals surface area (Å²) in [6, 6.07) is 0. The molecule has 1 heterocycles. The van der Waals surface area contributed by atoms with E-state index >= 15 is 0 Å². The number of nitrogens with one attached hydrogen (secondary N) is 2. The molecule has 1 aliphatic rings. The molecule has 1 aromatic heterocycles. The summed E-state index contributed by atoms with van der Waals surface area (Å²) in [5.41, 5.74) is 1.08. The Morgan fingerprint density at radius 1 is 1.25 bits per heavy atom. The Bertz CT molecular complexity index is 437. The van der Waals surface area contributed by atoms with E-state index in [0.717, 1.165) is 47.5 Å². The number of anilines is 2. The van der Waals surface area contributed by atoms with Crippen molar-refractivity contribution in [3.63, 3.8) is 0 Å². The normalized spacial score (nSPS) is 14.3. The molecular formula is C14H24N4OS. The first-order valence-corrected chi connectivity index (χ1v) is 8.40. The molecule has 0 aromatic carbocycles. The second-order valence-corrected chi connectivity index (χ2v) is 6.27. The Balaban J connectivity index is 1.90. The first-order valence-electron chi connectivity index (χ1n) is 7.25. The highest BCUT2D eigenvalue weighted by Crippen LogP contribution is 2.39. The lowest BCUT2D eigenvalue weighted by atomic mass is 10.2. The molecule has 6 heteroatoms. The van der Waals surface area contributed by atoms with E-state index < -0.39 is 0 Å². The van der Waals surface area contributed by atoms with E-state index in [-0.39, 0.29) is 6.61 Å². The average molecular weight is 296 g/mol. The molecule has 0 atom stereocenters. The van der Waals surface area contributed by atoms with E-state index in [9.17, 15) is 0 Å². The number of thioether (sulfide) groups is 1. The van der Waals surface area contributed by atoms with E-state index in [1.54, 1.807) is 0 Å². The van der Waals surface area contributed by atoms with Crippen LogP contribution >= 0.6 is 11.8 Å². The minimum absolute atomic E-state index is 0.279. The molecule has 0 bridgehead atoms. The molecule has 1 fully saturated rings. The van der Waals surface area contributed by atoms with Gasteiger partial charge >= 0.3 is 0 Å². The maximum Gasteiger partial charge on any atom is 0.136 e. The van der Waals surface area contributed by atoms with Crippen LogP contribution in [0.2, 0.25) is 0 Å². The van der Waals surface area contributed by atoms with Crippen LogP contribution in [0.3, 0.4) is 0 Å². The maximum absolute atomic E-state index is 8.73. The fraction of sp³-hybridized carbons (Fsp3) is 0.714. The minimum Gasteiger partial charge on any atom is -0.396 e. The van der Waals surface area contributed by atoms with Crippen LogP contribution in [0, 0.1) is 6.92 Å². The third kappa shape index (κ3) is 4.24. The number of rotatable bonds is 9. The second kappa shape index (κ2) is 7.69. The van der Waals surface area contributed by atoms with Crippen LogP contribution in [0.4, 0.5) is 11.6 Å². The van der Waals surface area contributed by atoms with Crippen LogP contribution in [0.5, 0.6) is 0 Å². The molecule has 0 amide bonds. The molecule has 5 nitrogen and oxygen atoms in total. The summed E-state index contributed by atoms with van der Waals surface area (Å²) in [5.74, 6) is 5.44. The third-order valence-electron chi connectivity index (χ3n) is 3.33. The molecule has 1 aromatic rings. The topological polar surface area (TPSA) is 70.1 Å². The fourth-order valence-electron chi connectivity index (χ4n) is 1.98. The molecule has 0 spiro atoms. The van der Waals surface area contributed by atoms with Gasteiger partial charge in [-0.05, 0) is 31.9 Å². The van der Waals surface area contributed by atoms with Crippen molar-refractivity contribution in [1.29, 1.82) is 0 Å². The van der Waals surface area contributed by atoms with Gasteiger partial charge in [0, 0.05) is 37.4 Å². The Kier molecular flexibility index (Phi) is 5.91. The van der Waals surface area contributed by atoms with Crippen LogP contribution in [-0.4, -0.2) is 46.8 Å². The molecule has 20 heavy (non-hydrogen) atoms. The van der Waals surface area contributed by atoms with Gasteiger partial charge in [-0.15, -0.1) is 0 Å². The quantitative estimate of drug-likeness (QED) is 0.607. The molecule has 112 valence electrons. The maximum atomic E-state index is 8.73. The number of aliphatic hydroxyl groups excluding tert-OH is 1. The molecule has 3 N–H and O–H groups in total. The zero-order valence-electron chi connectivity index (χ0n) is 12.3. The predicted octanol–water partition coefficient (Wildman–Crippen LogP) is 2.23. The van der Waals surface area contributed by atoms with Crippen molar-refractivity contribution >= 4 is 23.4 Å². The van der Waals surface area contributed by atoms with Crippen LogP contribution in [0.1, 0.15) is 36.6 Å². The monoisotopic (exact) mass is 296 g/mol. The van der Waals surface area contributed by atoms with Crippen molar-refractivity contribution in [2.75, 3.05) is 42.3 Å². The van der Waals surface area contributed by atoms with Crippen molar-refractivity contribution < 1.29 is 5.11 Å². The first-order chi connectivity index (χ1) is 9.76. The number of aliphatic hydroxyl groups is 1. The van der Waals surface area contributed by atoms with Gasteiger partial charge in [-0.2, -0.15) is 11.8 Å².